The van der Waals surface area contributed by atoms with Crippen LogP contribution in [-0.4, -0.2) is 35.1 Å². The predicted octanol–water partition coefficient (Wildman–Crippen LogP) is 2.42. The summed E-state index contributed by atoms with van der Waals surface area (Å²) in [5, 5.41) is 11.5. The molecule has 0 aromatic heterocycles. The molecule has 0 radical (unpaired) electrons. The minimum absolute atomic E-state index is 0.0215. The summed E-state index contributed by atoms with van der Waals surface area (Å²) in [5.74, 6) is -2.11. The molecular formula is C12H12ClFN2O3. The highest BCUT2D eigenvalue weighted by Gasteiger charge is 2.31. The number of aliphatic carboxylic acids is 1. The number of nitrogens with one attached hydrogen (secondary N) is 1. The fraction of sp³-hybridized carbons (Fsp3) is 0.333. The lowest BCUT2D eigenvalue weighted by molar-refractivity contribution is -0.141. The van der Waals surface area contributed by atoms with Gasteiger partial charge >= 0.3 is 12.0 Å². The summed E-state index contributed by atoms with van der Waals surface area (Å²) in [5.41, 5.74) is 0.0215. The number of nitrogens with zero attached hydrogens (tertiary/aromatic N) is 1. The van der Waals surface area contributed by atoms with Crippen LogP contribution in [0.1, 0.15) is 6.42 Å². The number of likely N-dealkylation sites (tertiary alicyclic amines) is 1. The van der Waals surface area contributed by atoms with E-state index >= 15 is 0 Å². The molecule has 2 N–H and O–H groups in total. The van der Waals surface area contributed by atoms with Gasteiger partial charge in [0.1, 0.15) is 5.82 Å². The van der Waals surface area contributed by atoms with Crippen LogP contribution < -0.4 is 5.32 Å². The number of rotatable bonds is 2. The molecule has 1 aliphatic heterocycles. The van der Waals surface area contributed by atoms with Crippen molar-refractivity contribution in [3.05, 3.63) is 29.0 Å². The van der Waals surface area contributed by atoms with E-state index in [0.717, 1.165) is 6.07 Å². The lowest BCUT2D eigenvalue weighted by atomic mass is 10.1. The van der Waals surface area contributed by atoms with Crippen molar-refractivity contribution in [2.24, 2.45) is 5.92 Å². The molecule has 0 spiro atoms. The van der Waals surface area contributed by atoms with Gasteiger partial charge in [-0.15, -0.1) is 0 Å². The lowest BCUT2D eigenvalue weighted by Gasteiger charge is -2.17. The Morgan fingerprint density at radius 2 is 2.21 bits per heavy atom. The van der Waals surface area contributed by atoms with Crippen molar-refractivity contribution in [3.8, 4) is 0 Å². The molecule has 1 saturated heterocycles. The van der Waals surface area contributed by atoms with Gasteiger partial charge in [0.25, 0.3) is 0 Å². The largest absolute Gasteiger partial charge is 0.481 e. The summed E-state index contributed by atoms with van der Waals surface area (Å²) in [6.45, 7) is 0.481. The molecule has 5 nitrogen and oxygen atoms in total. The number of halogens is 2. The van der Waals surface area contributed by atoms with Gasteiger partial charge in [-0.2, -0.15) is 0 Å². The summed E-state index contributed by atoms with van der Waals surface area (Å²) in [6, 6.07) is 3.41. The third-order valence-corrected chi connectivity index (χ3v) is 3.23. The average molecular weight is 287 g/mol. The van der Waals surface area contributed by atoms with E-state index in [-0.39, 0.29) is 17.3 Å². The molecule has 1 fully saturated rings. The maximum absolute atomic E-state index is 13.5. The van der Waals surface area contributed by atoms with Crippen LogP contribution >= 0.6 is 11.6 Å². The third-order valence-electron chi connectivity index (χ3n) is 3.00. The van der Waals surface area contributed by atoms with Crippen molar-refractivity contribution < 1.29 is 19.1 Å². The maximum Gasteiger partial charge on any atom is 0.321 e. The van der Waals surface area contributed by atoms with Gasteiger partial charge in [-0.1, -0.05) is 11.6 Å². The summed E-state index contributed by atoms with van der Waals surface area (Å²) in [4.78, 5) is 24.0. The Morgan fingerprint density at radius 3 is 2.79 bits per heavy atom. The van der Waals surface area contributed by atoms with Crippen LogP contribution in [0, 0.1) is 11.7 Å². The molecule has 1 aliphatic rings. The van der Waals surface area contributed by atoms with Crippen molar-refractivity contribution in [1.29, 1.82) is 0 Å². The van der Waals surface area contributed by atoms with Gasteiger partial charge < -0.3 is 15.3 Å². The van der Waals surface area contributed by atoms with E-state index in [0.29, 0.717) is 13.0 Å². The van der Waals surface area contributed by atoms with Gasteiger partial charge in [0.05, 0.1) is 11.6 Å². The minimum atomic E-state index is -0.923. The Hall–Kier alpha value is -1.82. The first-order valence-corrected chi connectivity index (χ1v) is 6.09. The van der Waals surface area contributed by atoms with E-state index in [4.69, 9.17) is 16.7 Å². The third kappa shape index (κ3) is 3.14. The summed E-state index contributed by atoms with van der Waals surface area (Å²) in [7, 11) is 0. The standard InChI is InChI=1S/C12H12ClFN2O3/c13-8-1-2-10(9(14)5-8)15-12(19)16-4-3-7(6-16)11(17)18/h1-2,5,7H,3-4,6H2,(H,15,19)(H,17,18). The van der Waals surface area contributed by atoms with Crippen LogP contribution in [0.4, 0.5) is 14.9 Å². The number of carboxylic acids is 1. The van der Waals surface area contributed by atoms with Crippen molar-refractivity contribution in [2.75, 3.05) is 18.4 Å². The highest BCUT2D eigenvalue weighted by molar-refractivity contribution is 6.30. The van der Waals surface area contributed by atoms with E-state index in [1.165, 1.54) is 17.0 Å². The minimum Gasteiger partial charge on any atom is -0.481 e. The number of carbonyl (C=O) groups is 2. The molecule has 19 heavy (non-hydrogen) atoms. The first kappa shape index (κ1) is 13.6. The zero-order chi connectivity index (χ0) is 14.0. The fourth-order valence-electron chi connectivity index (χ4n) is 1.93. The van der Waals surface area contributed by atoms with E-state index in [1.54, 1.807) is 0 Å². The van der Waals surface area contributed by atoms with Crippen molar-refractivity contribution in [1.82, 2.24) is 4.90 Å². The summed E-state index contributed by atoms with van der Waals surface area (Å²) in [6.07, 6.45) is 0.409. The lowest BCUT2D eigenvalue weighted by Crippen LogP contribution is -2.34. The van der Waals surface area contributed by atoms with E-state index < -0.39 is 23.7 Å². The van der Waals surface area contributed by atoms with Crippen LogP contribution in [0.5, 0.6) is 0 Å². The number of hydrogen-bond donors (Lipinski definition) is 2. The number of hydrogen-bond acceptors (Lipinski definition) is 2. The fourth-order valence-corrected chi connectivity index (χ4v) is 2.09. The zero-order valence-corrected chi connectivity index (χ0v) is 10.7. The van der Waals surface area contributed by atoms with Gasteiger partial charge in [-0.25, -0.2) is 9.18 Å². The summed E-state index contributed by atoms with van der Waals surface area (Å²) < 4.78 is 13.5. The number of urea groups is 1. The molecule has 1 heterocycles. The highest BCUT2D eigenvalue weighted by Crippen LogP contribution is 2.21. The van der Waals surface area contributed by atoms with Gasteiger partial charge in [0, 0.05) is 18.1 Å². The molecule has 7 heteroatoms. The van der Waals surface area contributed by atoms with E-state index in [9.17, 15) is 14.0 Å². The van der Waals surface area contributed by atoms with Gasteiger partial charge in [-0.05, 0) is 24.6 Å². The Balaban J connectivity index is 2.00. The molecule has 1 unspecified atom stereocenters. The van der Waals surface area contributed by atoms with Crippen LogP contribution in [0.25, 0.3) is 0 Å². The second kappa shape index (κ2) is 5.44. The molecule has 1 aromatic rings. The number of benzene rings is 1. The molecule has 0 saturated carbocycles. The monoisotopic (exact) mass is 286 g/mol. The molecule has 0 bridgehead atoms. The second-order valence-electron chi connectivity index (χ2n) is 4.32. The average Bonchev–Trinajstić information content (AvgIpc) is 2.82. The van der Waals surface area contributed by atoms with Crippen molar-refractivity contribution >= 4 is 29.3 Å². The smallest absolute Gasteiger partial charge is 0.321 e. The number of amides is 2. The van der Waals surface area contributed by atoms with E-state index in [1.807, 2.05) is 0 Å². The van der Waals surface area contributed by atoms with Crippen LogP contribution in [-0.2, 0) is 4.79 Å². The molecule has 102 valence electrons. The topological polar surface area (TPSA) is 69.6 Å². The molecular weight excluding hydrogens is 275 g/mol. The van der Waals surface area contributed by atoms with E-state index in [2.05, 4.69) is 5.32 Å². The number of carboxylic acid groups (broad SMARTS) is 1. The van der Waals surface area contributed by atoms with Crippen molar-refractivity contribution in [3.63, 3.8) is 0 Å². The first-order chi connectivity index (χ1) is 8.97. The number of carbonyl (C=O) groups excluding carboxylic acids is 1. The highest BCUT2D eigenvalue weighted by atomic mass is 35.5. The molecule has 2 amide bonds. The Kier molecular flexibility index (Phi) is 3.90. The van der Waals surface area contributed by atoms with Crippen LogP contribution in [0.15, 0.2) is 18.2 Å². The van der Waals surface area contributed by atoms with Gasteiger partial charge in [0.15, 0.2) is 0 Å². The first-order valence-electron chi connectivity index (χ1n) is 5.71. The predicted molar refractivity (Wildman–Crippen MR) is 67.7 cm³/mol. The van der Waals surface area contributed by atoms with Crippen LogP contribution in [0.3, 0.4) is 0 Å². The Labute approximate surface area is 114 Å². The zero-order valence-electron chi connectivity index (χ0n) is 9.90. The van der Waals surface area contributed by atoms with Crippen LogP contribution in [0.2, 0.25) is 5.02 Å². The van der Waals surface area contributed by atoms with Crippen molar-refractivity contribution in [2.45, 2.75) is 6.42 Å². The molecule has 0 aliphatic carbocycles. The summed E-state index contributed by atoms with van der Waals surface area (Å²) >= 11 is 5.61. The van der Waals surface area contributed by atoms with Gasteiger partial charge in [-0.3, -0.25) is 4.79 Å². The Bertz CT molecular complexity index is 524. The number of anilines is 1. The molecule has 2 rings (SSSR count). The second-order valence-corrected chi connectivity index (χ2v) is 4.76. The van der Waals surface area contributed by atoms with Gasteiger partial charge in [0.2, 0.25) is 0 Å². The quantitative estimate of drug-likeness (QED) is 0.877. The maximum atomic E-state index is 13.5. The molecule has 1 atom stereocenters. The SMILES string of the molecule is O=C(O)C1CCN(C(=O)Nc2ccc(Cl)cc2F)C1. The molecule has 1 aromatic carbocycles. The normalized spacial score (nSPS) is 18.4. The Morgan fingerprint density at radius 1 is 1.47 bits per heavy atom.